The van der Waals surface area contributed by atoms with Crippen molar-refractivity contribution in [2.45, 2.75) is 12.3 Å². The molecule has 3 nitrogen and oxygen atoms in total. The first kappa shape index (κ1) is 11.6. The number of carbonyl (C=O) groups excluding carboxylic acids is 1. The van der Waals surface area contributed by atoms with Gasteiger partial charge < -0.3 is 9.47 Å². The molecule has 0 aliphatic carbocycles. The third-order valence-electron chi connectivity index (χ3n) is 2.99. The second-order valence-corrected chi connectivity index (χ2v) is 4.94. The Hall–Kier alpha value is -0.870. The van der Waals surface area contributed by atoms with Crippen LogP contribution in [0.15, 0.2) is 22.7 Å². The molecule has 1 heterocycles. The topological polar surface area (TPSA) is 35.5 Å². The van der Waals surface area contributed by atoms with Crippen LogP contribution in [0.4, 0.5) is 0 Å². The highest BCUT2D eigenvalue weighted by Gasteiger charge is 2.49. The first-order valence-corrected chi connectivity index (χ1v) is 5.82. The van der Waals surface area contributed by atoms with Crippen LogP contribution >= 0.6 is 15.9 Å². The number of rotatable bonds is 2. The van der Waals surface area contributed by atoms with Crippen LogP contribution in [0, 0.1) is 6.92 Å². The Kier molecular flexibility index (Phi) is 3.04. The minimum atomic E-state index is -0.609. The van der Waals surface area contributed by atoms with Gasteiger partial charge in [-0.2, -0.15) is 0 Å². The number of aryl methyl sites for hydroxylation is 1. The van der Waals surface area contributed by atoms with Crippen LogP contribution in [0.25, 0.3) is 0 Å². The lowest BCUT2D eigenvalue weighted by molar-refractivity contribution is -0.166. The molecule has 0 saturated carbocycles. The summed E-state index contributed by atoms with van der Waals surface area (Å²) in [6.07, 6.45) is 0. The fraction of sp³-hybridized carbons (Fsp3) is 0.417. The molecule has 1 aliphatic rings. The Balaban J connectivity index is 2.48. The number of methoxy groups -OCH3 is 1. The zero-order valence-electron chi connectivity index (χ0n) is 9.25. The Morgan fingerprint density at radius 2 is 2.19 bits per heavy atom. The largest absolute Gasteiger partial charge is 0.468 e. The summed E-state index contributed by atoms with van der Waals surface area (Å²) >= 11 is 3.42. The molecular weight excluding hydrogens is 272 g/mol. The molecule has 0 spiro atoms. The van der Waals surface area contributed by atoms with Gasteiger partial charge >= 0.3 is 5.97 Å². The van der Waals surface area contributed by atoms with E-state index < -0.39 is 5.41 Å². The van der Waals surface area contributed by atoms with Crippen LogP contribution in [-0.2, 0) is 19.7 Å². The zero-order valence-corrected chi connectivity index (χ0v) is 10.8. The van der Waals surface area contributed by atoms with Gasteiger partial charge in [0, 0.05) is 4.47 Å². The Morgan fingerprint density at radius 3 is 2.69 bits per heavy atom. The molecule has 16 heavy (non-hydrogen) atoms. The Bertz CT molecular complexity index is 424. The molecule has 1 aliphatic heterocycles. The lowest BCUT2D eigenvalue weighted by atomic mass is 9.76. The van der Waals surface area contributed by atoms with Crippen molar-refractivity contribution in [2.24, 2.45) is 0 Å². The molecule has 1 aromatic carbocycles. The molecule has 0 radical (unpaired) electrons. The summed E-state index contributed by atoms with van der Waals surface area (Å²) in [7, 11) is 1.41. The minimum absolute atomic E-state index is 0.222. The van der Waals surface area contributed by atoms with E-state index in [9.17, 15) is 4.79 Å². The molecule has 86 valence electrons. The molecule has 0 bridgehead atoms. The highest BCUT2D eigenvalue weighted by molar-refractivity contribution is 9.10. The van der Waals surface area contributed by atoms with Crippen LogP contribution < -0.4 is 0 Å². The maximum absolute atomic E-state index is 11.9. The Labute approximate surface area is 103 Å². The quantitative estimate of drug-likeness (QED) is 0.781. The first-order chi connectivity index (χ1) is 7.60. The van der Waals surface area contributed by atoms with E-state index in [1.807, 2.05) is 25.1 Å². The molecule has 1 saturated heterocycles. The predicted molar refractivity (Wildman–Crippen MR) is 63.4 cm³/mol. The predicted octanol–water partition coefficient (Wildman–Crippen LogP) is 2.20. The first-order valence-electron chi connectivity index (χ1n) is 5.03. The van der Waals surface area contributed by atoms with E-state index in [0.29, 0.717) is 13.2 Å². The summed E-state index contributed by atoms with van der Waals surface area (Å²) in [5.41, 5.74) is 1.46. The van der Waals surface area contributed by atoms with E-state index in [4.69, 9.17) is 9.47 Å². The third kappa shape index (κ3) is 1.66. The van der Waals surface area contributed by atoms with E-state index in [0.717, 1.165) is 15.6 Å². The van der Waals surface area contributed by atoms with Gasteiger partial charge in [-0.05, 0) is 30.2 Å². The maximum atomic E-state index is 11.9. The maximum Gasteiger partial charge on any atom is 0.321 e. The van der Waals surface area contributed by atoms with Gasteiger partial charge in [0.1, 0.15) is 5.41 Å². The van der Waals surface area contributed by atoms with Crippen molar-refractivity contribution in [2.75, 3.05) is 20.3 Å². The van der Waals surface area contributed by atoms with Crippen molar-refractivity contribution in [3.05, 3.63) is 33.8 Å². The number of benzene rings is 1. The van der Waals surface area contributed by atoms with Crippen LogP contribution in [0.2, 0.25) is 0 Å². The van der Waals surface area contributed by atoms with Gasteiger partial charge in [0.05, 0.1) is 20.3 Å². The zero-order chi connectivity index (χ0) is 11.8. The number of carbonyl (C=O) groups is 1. The van der Waals surface area contributed by atoms with Gasteiger partial charge in [0.2, 0.25) is 0 Å². The average Bonchev–Trinajstić information content (AvgIpc) is 2.21. The van der Waals surface area contributed by atoms with E-state index in [1.54, 1.807) is 0 Å². The second-order valence-electron chi connectivity index (χ2n) is 4.03. The SMILES string of the molecule is COC(=O)C1(c2cc(Br)ccc2C)COC1. The van der Waals surface area contributed by atoms with Crippen molar-refractivity contribution < 1.29 is 14.3 Å². The number of ether oxygens (including phenoxy) is 2. The highest BCUT2D eigenvalue weighted by atomic mass is 79.9. The number of hydrogen-bond donors (Lipinski definition) is 0. The van der Waals surface area contributed by atoms with Crippen LogP contribution in [0.5, 0.6) is 0 Å². The van der Waals surface area contributed by atoms with Gasteiger partial charge in [-0.1, -0.05) is 22.0 Å². The third-order valence-corrected chi connectivity index (χ3v) is 3.48. The summed E-state index contributed by atoms with van der Waals surface area (Å²) in [5.74, 6) is -0.222. The molecule has 0 aromatic heterocycles. The summed E-state index contributed by atoms with van der Waals surface area (Å²) in [6.45, 7) is 2.79. The lowest BCUT2D eigenvalue weighted by Crippen LogP contribution is -2.54. The van der Waals surface area contributed by atoms with E-state index in [-0.39, 0.29) is 5.97 Å². The van der Waals surface area contributed by atoms with Gasteiger partial charge in [-0.15, -0.1) is 0 Å². The van der Waals surface area contributed by atoms with Crippen molar-refractivity contribution in [3.63, 3.8) is 0 Å². The van der Waals surface area contributed by atoms with Crippen LogP contribution in [0.3, 0.4) is 0 Å². The lowest BCUT2D eigenvalue weighted by Gasteiger charge is -2.39. The number of esters is 1. The van der Waals surface area contributed by atoms with E-state index in [2.05, 4.69) is 15.9 Å². The van der Waals surface area contributed by atoms with Gasteiger partial charge in [-0.25, -0.2) is 0 Å². The molecule has 2 rings (SSSR count). The van der Waals surface area contributed by atoms with Crippen LogP contribution in [-0.4, -0.2) is 26.3 Å². The fourth-order valence-corrected chi connectivity index (χ4v) is 2.36. The van der Waals surface area contributed by atoms with E-state index in [1.165, 1.54) is 7.11 Å². The molecule has 4 heteroatoms. The summed E-state index contributed by atoms with van der Waals surface area (Å²) < 4.78 is 11.0. The molecule has 1 aromatic rings. The van der Waals surface area contributed by atoms with Crippen molar-refractivity contribution in [3.8, 4) is 0 Å². The molecule has 1 fully saturated rings. The Morgan fingerprint density at radius 1 is 1.50 bits per heavy atom. The van der Waals surface area contributed by atoms with Gasteiger partial charge in [-0.3, -0.25) is 4.79 Å². The van der Waals surface area contributed by atoms with E-state index >= 15 is 0 Å². The highest BCUT2D eigenvalue weighted by Crippen LogP contribution is 2.36. The molecular formula is C12H13BrO3. The second kappa shape index (κ2) is 4.18. The van der Waals surface area contributed by atoms with Crippen molar-refractivity contribution in [1.82, 2.24) is 0 Å². The average molecular weight is 285 g/mol. The van der Waals surface area contributed by atoms with Gasteiger partial charge in [0.25, 0.3) is 0 Å². The standard InChI is InChI=1S/C12H13BrO3/c1-8-3-4-9(13)5-10(8)12(6-16-7-12)11(14)15-2/h3-5H,6-7H2,1-2H3. The van der Waals surface area contributed by atoms with Crippen LogP contribution in [0.1, 0.15) is 11.1 Å². The molecule has 0 amide bonds. The fourth-order valence-electron chi connectivity index (χ4n) is 1.99. The number of hydrogen-bond acceptors (Lipinski definition) is 3. The van der Waals surface area contributed by atoms with Crippen molar-refractivity contribution in [1.29, 1.82) is 0 Å². The molecule has 0 N–H and O–H groups in total. The normalized spacial score (nSPS) is 17.7. The van der Waals surface area contributed by atoms with Crippen molar-refractivity contribution >= 4 is 21.9 Å². The summed E-state index contributed by atoms with van der Waals surface area (Å²) in [6, 6.07) is 5.92. The monoisotopic (exact) mass is 284 g/mol. The summed E-state index contributed by atoms with van der Waals surface area (Å²) in [4.78, 5) is 11.9. The molecule has 0 atom stereocenters. The van der Waals surface area contributed by atoms with Gasteiger partial charge in [0.15, 0.2) is 0 Å². The summed E-state index contributed by atoms with van der Waals surface area (Å²) in [5, 5.41) is 0. The smallest absolute Gasteiger partial charge is 0.321 e. The minimum Gasteiger partial charge on any atom is -0.468 e. The number of halogens is 1. The molecule has 0 unspecified atom stereocenters.